The third kappa shape index (κ3) is 5.46. The van der Waals surface area contributed by atoms with Gasteiger partial charge in [-0.3, -0.25) is 9.59 Å². The van der Waals surface area contributed by atoms with Gasteiger partial charge < -0.3 is 19.9 Å². The van der Waals surface area contributed by atoms with Crippen LogP contribution in [0.15, 0.2) is 24.3 Å². The summed E-state index contributed by atoms with van der Waals surface area (Å²) in [5.41, 5.74) is 0.724. The molecule has 0 saturated heterocycles. The smallest absolute Gasteiger partial charge is 0.280 e. The minimum absolute atomic E-state index is 0.104. The molecule has 1 aliphatic carbocycles. The molecule has 2 amide bonds. The second-order valence-corrected chi connectivity index (χ2v) is 7.26. The van der Waals surface area contributed by atoms with Crippen LogP contribution < -0.4 is 15.0 Å². The highest BCUT2D eigenvalue weighted by atomic mass is 16.5. The van der Waals surface area contributed by atoms with Crippen LogP contribution in [0.25, 0.3) is 0 Å². The zero-order valence-electron chi connectivity index (χ0n) is 16.4. The van der Waals surface area contributed by atoms with Gasteiger partial charge in [-0.05, 0) is 44.0 Å². The number of methoxy groups -OCH3 is 1. The predicted octanol–water partition coefficient (Wildman–Crippen LogP) is 1.33. The molecule has 0 aromatic heterocycles. The second-order valence-electron chi connectivity index (χ2n) is 7.26. The Labute approximate surface area is 156 Å². The summed E-state index contributed by atoms with van der Waals surface area (Å²) in [7, 11) is 5.40. The van der Waals surface area contributed by atoms with Crippen LogP contribution >= 0.6 is 0 Å². The molecule has 0 heterocycles. The van der Waals surface area contributed by atoms with Crippen molar-refractivity contribution in [2.24, 2.45) is 0 Å². The molecule has 1 aromatic rings. The van der Waals surface area contributed by atoms with Gasteiger partial charge in [0.15, 0.2) is 12.6 Å². The number of likely N-dealkylation sites (N-methyl/N-ethyl adjacent to an activating group) is 2. The van der Waals surface area contributed by atoms with Gasteiger partial charge in [-0.1, -0.05) is 19.3 Å². The monoisotopic (exact) mass is 362 g/mol. The number of ether oxygens (including phenoxy) is 1. The Morgan fingerprint density at radius 3 is 2.42 bits per heavy atom. The highest BCUT2D eigenvalue weighted by Gasteiger charge is 2.30. The Hall–Kier alpha value is -2.08. The number of carbonyl (C=O) groups excluding carboxylic acids is 2. The molecule has 144 valence electrons. The quantitative estimate of drug-likeness (QED) is 0.769. The Bertz CT molecular complexity index is 597. The van der Waals surface area contributed by atoms with Crippen LogP contribution in [0.1, 0.15) is 39.0 Å². The first-order chi connectivity index (χ1) is 12.4. The van der Waals surface area contributed by atoms with Crippen LogP contribution in [0.2, 0.25) is 0 Å². The Balaban J connectivity index is 1.85. The second kappa shape index (κ2) is 9.57. The lowest BCUT2D eigenvalue weighted by atomic mass is 9.94. The summed E-state index contributed by atoms with van der Waals surface area (Å²) in [6.45, 7) is 2.15. The van der Waals surface area contributed by atoms with E-state index in [0.717, 1.165) is 29.2 Å². The lowest BCUT2D eigenvalue weighted by Crippen LogP contribution is -3.15. The Morgan fingerprint density at radius 2 is 1.85 bits per heavy atom. The molecule has 1 aromatic carbocycles. The normalized spacial score (nSPS) is 17.2. The van der Waals surface area contributed by atoms with E-state index in [0.29, 0.717) is 6.04 Å². The minimum Gasteiger partial charge on any atom is -0.497 e. The van der Waals surface area contributed by atoms with E-state index in [1.807, 2.05) is 25.9 Å². The summed E-state index contributed by atoms with van der Waals surface area (Å²) in [4.78, 5) is 27.8. The SMILES string of the molecule is COc1ccc(NC(=O)C[NH+](C)[C@@H](C)C(=O)N(C)C2CCCCC2)cc1. The Morgan fingerprint density at radius 1 is 1.23 bits per heavy atom. The van der Waals surface area contributed by atoms with Crippen LogP contribution in [-0.2, 0) is 9.59 Å². The van der Waals surface area contributed by atoms with E-state index >= 15 is 0 Å². The number of hydrogen-bond acceptors (Lipinski definition) is 3. The fourth-order valence-electron chi connectivity index (χ4n) is 3.45. The molecule has 1 saturated carbocycles. The molecule has 2 rings (SSSR count). The van der Waals surface area contributed by atoms with Crippen LogP contribution in [-0.4, -0.2) is 56.5 Å². The van der Waals surface area contributed by atoms with E-state index < -0.39 is 0 Å². The van der Waals surface area contributed by atoms with Gasteiger partial charge in [0.2, 0.25) is 0 Å². The number of quaternary nitrogens is 1. The zero-order valence-corrected chi connectivity index (χ0v) is 16.4. The molecule has 0 spiro atoms. The molecule has 1 fully saturated rings. The molecule has 2 N–H and O–H groups in total. The lowest BCUT2D eigenvalue weighted by Gasteiger charge is -2.33. The molecule has 6 nitrogen and oxygen atoms in total. The molecule has 6 heteroatoms. The van der Waals surface area contributed by atoms with Crippen molar-refractivity contribution in [1.29, 1.82) is 0 Å². The summed E-state index contributed by atoms with van der Waals surface area (Å²) in [6.07, 6.45) is 5.84. The van der Waals surface area contributed by atoms with Crippen molar-refractivity contribution >= 4 is 17.5 Å². The summed E-state index contributed by atoms with van der Waals surface area (Å²) >= 11 is 0. The van der Waals surface area contributed by atoms with Crippen LogP contribution in [0.5, 0.6) is 5.75 Å². The van der Waals surface area contributed by atoms with Gasteiger partial charge in [0.05, 0.1) is 14.2 Å². The number of rotatable bonds is 7. The lowest BCUT2D eigenvalue weighted by molar-refractivity contribution is -0.886. The first-order valence-electron chi connectivity index (χ1n) is 9.45. The van der Waals surface area contributed by atoms with Gasteiger partial charge in [0.25, 0.3) is 11.8 Å². The van der Waals surface area contributed by atoms with E-state index in [9.17, 15) is 9.59 Å². The minimum atomic E-state index is -0.247. The van der Waals surface area contributed by atoms with Gasteiger partial charge in [0.1, 0.15) is 5.75 Å². The average Bonchev–Trinajstić information content (AvgIpc) is 2.67. The molecule has 0 bridgehead atoms. The van der Waals surface area contributed by atoms with Gasteiger partial charge in [-0.25, -0.2) is 0 Å². The van der Waals surface area contributed by atoms with Crippen LogP contribution in [0, 0.1) is 0 Å². The maximum atomic E-state index is 12.8. The number of carbonyl (C=O) groups is 2. The number of amides is 2. The molecule has 0 aliphatic heterocycles. The maximum Gasteiger partial charge on any atom is 0.280 e. The van der Waals surface area contributed by atoms with E-state index in [2.05, 4.69) is 5.32 Å². The topological polar surface area (TPSA) is 63.1 Å². The van der Waals surface area contributed by atoms with Gasteiger partial charge in [-0.15, -0.1) is 0 Å². The van der Waals surface area contributed by atoms with E-state index in [-0.39, 0.29) is 24.4 Å². The standard InChI is InChI=1S/C20H31N3O3/c1-15(20(25)23(3)17-8-6-5-7-9-17)22(2)14-19(24)21-16-10-12-18(26-4)13-11-16/h10-13,15,17H,5-9,14H2,1-4H3,(H,21,24)/p+1/t15-/m0/s1. The van der Waals surface area contributed by atoms with E-state index in [1.54, 1.807) is 31.4 Å². The van der Waals surface area contributed by atoms with Gasteiger partial charge in [-0.2, -0.15) is 0 Å². The highest BCUT2D eigenvalue weighted by molar-refractivity contribution is 5.91. The van der Waals surface area contributed by atoms with Gasteiger partial charge >= 0.3 is 0 Å². The highest BCUT2D eigenvalue weighted by Crippen LogP contribution is 2.21. The van der Waals surface area contributed by atoms with Crippen molar-refractivity contribution in [3.63, 3.8) is 0 Å². The fourth-order valence-corrected chi connectivity index (χ4v) is 3.45. The third-order valence-electron chi connectivity index (χ3n) is 5.39. The number of hydrogen-bond donors (Lipinski definition) is 2. The molecule has 2 atom stereocenters. The number of benzene rings is 1. The summed E-state index contributed by atoms with van der Waals surface area (Å²) in [5.74, 6) is 0.759. The molecule has 0 radical (unpaired) electrons. The molecule has 1 aliphatic rings. The van der Waals surface area contributed by atoms with Crippen molar-refractivity contribution in [2.45, 2.75) is 51.1 Å². The van der Waals surface area contributed by atoms with Gasteiger partial charge in [0, 0.05) is 18.8 Å². The molecule has 26 heavy (non-hydrogen) atoms. The summed E-state index contributed by atoms with van der Waals surface area (Å²) in [6, 6.07) is 7.31. The van der Waals surface area contributed by atoms with Crippen molar-refractivity contribution in [3.05, 3.63) is 24.3 Å². The third-order valence-corrected chi connectivity index (χ3v) is 5.39. The molecular formula is C20H32N3O3+. The van der Waals surface area contributed by atoms with Crippen LogP contribution in [0.3, 0.4) is 0 Å². The predicted molar refractivity (Wildman–Crippen MR) is 102 cm³/mol. The summed E-state index contributed by atoms with van der Waals surface area (Å²) < 4.78 is 5.11. The van der Waals surface area contributed by atoms with Crippen molar-refractivity contribution < 1.29 is 19.2 Å². The van der Waals surface area contributed by atoms with Crippen molar-refractivity contribution in [1.82, 2.24) is 4.90 Å². The maximum absolute atomic E-state index is 12.8. The number of anilines is 1. The van der Waals surface area contributed by atoms with Crippen molar-refractivity contribution in [3.8, 4) is 5.75 Å². The first kappa shape index (κ1) is 20.2. The average molecular weight is 362 g/mol. The number of nitrogens with zero attached hydrogens (tertiary/aromatic N) is 1. The van der Waals surface area contributed by atoms with E-state index in [1.165, 1.54) is 19.3 Å². The largest absolute Gasteiger partial charge is 0.497 e. The van der Waals surface area contributed by atoms with E-state index in [4.69, 9.17) is 4.74 Å². The van der Waals surface area contributed by atoms with Crippen LogP contribution in [0.4, 0.5) is 5.69 Å². The first-order valence-corrected chi connectivity index (χ1v) is 9.45. The Kier molecular flexibility index (Phi) is 7.45. The fraction of sp³-hybridized carbons (Fsp3) is 0.600. The molecular weight excluding hydrogens is 330 g/mol. The van der Waals surface area contributed by atoms with Crippen molar-refractivity contribution in [2.75, 3.05) is 33.1 Å². The molecule has 1 unspecified atom stereocenters. The number of nitrogens with one attached hydrogen (secondary N) is 2. The zero-order chi connectivity index (χ0) is 19.1. The summed E-state index contributed by atoms with van der Waals surface area (Å²) in [5, 5.41) is 2.87.